The predicted octanol–water partition coefficient (Wildman–Crippen LogP) is 0.690. The second-order valence-electron chi connectivity index (χ2n) is 2.03. The summed E-state index contributed by atoms with van der Waals surface area (Å²) in [6, 6.07) is 0. The molecule has 0 amide bonds. The van der Waals surface area contributed by atoms with E-state index in [0.29, 0.717) is 4.83 Å². The number of H-pyrrole nitrogens is 1. The van der Waals surface area contributed by atoms with Crippen molar-refractivity contribution in [2.24, 2.45) is 0 Å². The van der Waals surface area contributed by atoms with Crippen LogP contribution in [0.2, 0.25) is 0 Å². The lowest BCUT2D eigenvalue weighted by atomic mass is 10.4. The molecule has 2 rings (SSSR count). The summed E-state index contributed by atoms with van der Waals surface area (Å²) in [6.45, 7) is 0. The predicted molar refractivity (Wildman–Crippen MR) is 41.9 cm³/mol. The van der Waals surface area contributed by atoms with E-state index in [2.05, 4.69) is 9.97 Å². The monoisotopic (exact) mass is 168 g/mol. The van der Waals surface area contributed by atoms with Crippen molar-refractivity contribution in [1.82, 2.24) is 9.97 Å². The quantitative estimate of drug-likeness (QED) is 0.608. The van der Waals surface area contributed by atoms with Crippen LogP contribution in [0.1, 0.15) is 0 Å². The number of aromatic nitrogens is 2. The van der Waals surface area contributed by atoms with E-state index in [-0.39, 0.29) is 16.7 Å². The third kappa shape index (κ3) is 0.813. The number of hydrogen-bond acceptors (Lipinski definition) is 4. The van der Waals surface area contributed by atoms with Gasteiger partial charge in [0.25, 0.3) is 5.56 Å². The van der Waals surface area contributed by atoms with Crippen molar-refractivity contribution >= 4 is 21.6 Å². The molecular formula is C6H4N2O2S. The van der Waals surface area contributed by atoms with E-state index in [0.717, 1.165) is 0 Å². The van der Waals surface area contributed by atoms with Crippen LogP contribution in [-0.2, 0) is 0 Å². The maximum absolute atomic E-state index is 11.0. The summed E-state index contributed by atoms with van der Waals surface area (Å²) in [5.41, 5.74) is -0.297. The summed E-state index contributed by atoms with van der Waals surface area (Å²) < 4.78 is 0. The normalized spacial score (nSPS) is 10.5. The van der Waals surface area contributed by atoms with Gasteiger partial charge in [0.2, 0.25) is 0 Å². The number of nitrogens with one attached hydrogen (secondary N) is 1. The molecule has 0 fully saturated rings. The second kappa shape index (κ2) is 2.06. The zero-order valence-electron chi connectivity index (χ0n) is 5.37. The van der Waals surface area contributed by atoms with Gasteiger partial charge >= 0.3 is 0 Å². The number of fused-ring (bicyclic) bond motifs is 1. The van der Waals surface area contributed by atoms with Crippen LogP contribution in [0.4, 0.5) is 0 Å². The second-order valence-corrected chi connectivity index (χ2v) is 2.89. The summed E-state index contributed by atoms with van der Waals surface area (Å²) >= 11 is 1.25. The highest BCUT2D eigenvalue weighted by atomic mass is 32.1. The van der Waals surface area contributed by atoms with Crippen molar-refractivity contribution in [3.05, 3.63) is 22.1 Å². The van der Waals surface area contributed by atoms with Crippen LogP contribution in [0.25, 0.3) is 10.2 Å². The van der Waals surface area contributed by atoms with E-state index in [9.17, 15) is 4.79 Å². The van der Waals surface area contributed by atoms with Crippen LogP contribution >= 0.6 is 11.3 Å². The number of aromatic hydroxyl groups is 1. The van der Waals surface area contributed by atoms with Gasteiger partial charge in [-0.2, -0.15) is 0 Å². The van der Waals surface area contributed by atoms with Gasteiger partial charge in [0.1, 0.15) is 16.0 Å². The van der Waals surface area contributed by atoms with Crippen LogP contribution < -0.4 is 5.56 Å². The van der Waals surface area contributed by atoms with Crippen molar-refractivity contribution in [2.75, 3.05) is 0 Å². The van der Waals surface area contributed by atoms with Crippen molar-refractivity contribution in [3.63, 3.8) is 0 Å². The molecule has 56 valence electrons. The third-order valence-corrected chi connectivity index (χ3v) is 2.23. The molecule has 4 nitrogen and oxygen atoms in total. The van der Waals surface area contributed by atoms with Crippen LogP contribution in [-0.4, -0.2) is 15.1 Å². The average molecular weight is 168 g/mol. The number of rotatable bonds is 0. The molecule has 5 heteroatoms. The Kier molecular flexibility index (Phi) is 1.19. The van der Waals surface area contributed by atoms with Crippen LogP contribution in [0, 0.1) is 0 Å². The first-order valence-corrected chi connectivity index (χ1v) is 3.81. The smallest absolute Gasteiger partial charge is 0.263 e. The summed E-state index contributed by atoms with van der Waals surface area (Å²) in [5.74, 6) is -0.000602. The lowest BCUT2D eigenvalue weighted by molar-refractivity contribution is 0.483. The maximum Gasteiger partial charge on any atom is 0.263 e. The van der Waals surface area contributed by atoms with Crippen molar-refractivity contribution in [3.8, 4) is 5.75 Å². The van der Waals surface area contributed by atoms with Crippen molar-refractivity contribution in [2.45, 2.75) is 0 Å². The van der Waals surface area contributed by atoms with Gasteiger partial charge in [-0.1, -0.05) is 0 Å². The summed E-state index contributed by atoms with van der Waals surface area (Å²) in [7, 11) is 0. The molecule has 0 spiro atoms. The van der Waals surface area contributed by atoms with Crippen LogP contribution in [0.5, 0.6) is 5.75 Å². The molecule has 0 aromatic carbocycles. The molecule has 2 aromatic heterocycles. The van der Waals surface area contributed by atoms with Crippen LogP contribution in [0.15, 0.2) is 16.5 Å². The van der Waals surface area contributed by atoms with Gasteiger partial charge in [-0.3, -0.25) is 4.79 Å². The van der Waals surface area contributed by atoms with Crippen molar-refractivity contribution < 1.29 is 5.11 Å². The lowest BCUT2D eigenvalue weighted by Gasteiger charge is -1.85. The number of nitrogens with zero attached hydrogens (tertiary/aromatic N) is 1. The molecule has 0 atom stereocenters. The highest BCUT2D eigenvalue weighted by Crippen LogP contribution is 2.25. The molecule has 2 N–H and O–H groups in total. The van der Waals surface area contributed by atoms with E-state index in [1.54, 1.807) is 0 Å². The fraction of sp³-hybridized carbons (Fsp3) is 0. The van der Waals surface area contributed by atoms with E-state index >= 15 is 0 Å². The standard InChI is InChI=1S/C6H4N2O2S/c9-3-1-11-6-4(3)5(10)7-2-8-6/h1-2,9H,(H,7,8,10). The summed E-state index contributed by atoms with van der Waals surface area (Å²) in [4.78, 5) is 17.8. The average Bonchev–Trinajstić information content (AvgIpc) is 2.34. The Balaban J connectivity index is 3.08. The molecule has 0 radical (unpaired) electrons. The van der Waals surface area contributed by atoms with Crippen molar-refractivity contribution in [1.29, 1.82) is 0 Å². The fourth-order valence-corrected chi connectivity index (χ4v) is 1.64. The van der Waals surface area contributed by atoms with Gasteiger partial charge in [0.05, 0.1) is 6.33 Å². The van der Waals surface area contributed by atoms with E-state index in [1.165, 1.54) is 23.0 Å². The summed E-state index contributed by atoms with van der Waals surface area (Å²) in [6.07, 6.45) is 1.32. The zero-order valence-corrected chi connectivity index (χ0v) is 6.18. The van der Waals surface area contributed by atoms with Gasteiger partial charge < -0.3 is 10.1 Å². The Hall–Kier alpha value is -1.36. The first kappa shape index (κ1) is 6.36. The minimum Gasteiger partial charge on any atom is -0.506 e. The van der Waals surface area contributed by atoms with Crippen LogP contribution in [0.3, 0.4) is 0 Å². The van der Waals surface area contributed by atoms with Gasteiger partial charge in [-0.25, -0.2) is 4.98 Å². The third-order valence-electron chi connectivity index (χ3n) is 1.36. The number of thiophene rings is 1. The van der Waals surface area contributed by atoms with Gasteiger partial charge in [-0.15, -0.1) is 11.3 Å². The minimum atomic E-state index is -0.297. The molecule has 0 unspecified atom stereocenters. The largest absolute Gasteiger partial charge is 0.506 e. The highest BCUT2D eigenvalue weighted by molar-refractivity contribution is 7.17. The number of hydrogen-bond donors (Lipinski definition) is 2. The van der Waals surface area contributed by atoms with E-state index in [1.807, 2.05) is 0 Å². The van der Waals surface area contributed by atoms with E-state index in [4.69, 9.17) is 5.11 Å². The first-order valence-electron chi connectivity index (χ1n) is 2.93. The Morgan fingerprint density at radius 3 is 3.18 bits per heavy atom. The van der Waals surface area contributed by atoms with Gasteiger partial charge in [-0.05, 0) is 0 Å². The fourth-order valence-electron chi connectivity index (χ4n) is 0.869. The molecular weight excluding hydrogens is 164 g/mol. The van der Waals surface area contributed by atoms with Gasteiger partial charge in [0, 0.05) is 5.38 Å². The molecule has 0 aliphatic rings. The highest BCUT2D eigenvalue weighted by Gasteiger charge is 2.05. The molecule has 0 bridgehead atoms. The Morgan fingerprint density at radius 2 is 2.45 bits per heavy atom. The molecule has 0 aliphatic heterocycles. The zero-order chi connectivity index (χ0) is 7.84. The molecule has 2 aromatic rings. The minimum absolute atomic E-state index is 0.000602. The maximum atomic E-state index is 11.0. The Morgan fingerprint density at radius 1 is 1.64 bits per heavy atom. The first-order chi connectivity index (χ1) is 5.29. The topological polar surface area (TPSA) is 66.0 Å². The van der Waals surface area contributed by atoms with E-state index < -0.39 is 0 Å². The Labute approximate surface area is 65.1 Å². The van der Waals surface area contributed by atoms with Gasteiger partial charge in [0.15, 0.2) is 0 Å². The SMILES string of the molecule is O=c1[nH]cnc2scc(O)c12. The number of aromatic amines is 1. The molecule has 11 heavy (non-hydrogen) atoms. The summed E-state index contributed by atoms with van der Waals surface area (Å²) in [5, 5.41) is 10.9. The molecule has 0 saturated heterocycles. The molecule has 0 aliphatic carbocycles. The Bertz CT molecular complexity index is 445. The molecule has 0 saturated carbocycles. The molecule has 2 heterocycles. The lowest BCUT2D eigenvalue weighted by Crippen LogP contribution is -2.03.